The first-order valence-electron chi connectivity index (χ1n) is 3.46. The van der Waals surface area contributed by atoms with Crippen LogP contribution in [0.2, 0.25) is 0 Å². The van der Waals surface area contributed by atoms with Crippen LogP contribution >= 0.6 is 0 Å². The van der Waals surface area contributed by atoms with E-state index in [9.17, 15) is 0 Å². The Bertz CT molecular complexity index is 18.1. The van der Waals surface area contributed by atoms with Crippen molar-refractivity contribution in [3.63, 3.8) is 0 Å². The topological polar surface area (TPSA) is 29.3 Å². The van der Waals surface area contributed by atoms with Gasteiger partial charge in [-0.2, -0.15) is 0 Å². The van der Waals surface area contributed by atoms with Crippen molar-refractivity contribution in [2.45, 2.75) is 20.8 Å². The molecule has 60 valence electrons. The fourth-order valence-corrected chi connectivity index (χ4v) is 0. The molecule has 0 heterocycles. The van der Waals surface area contributed by atoms with Crippen LogP contribution in [0.3, 0.4) is 0 Å². The van der Waals surface area contributed by atoms with E-state index in [0.29, 0.717) is 0 Å². The van der Waals surface area contributed by atoms with E-state index in [1.807, 2.05) is 46.8 Å². The summed E-state index contributed by atoms with van der Waals surface area (Å²) >= 11 is 0. The fraction of sp³-hybridized carbons (Fsp3) is 1.00. The lowest BCUT2D eigenvalue weighted by Crippen LogP contribution is -1.99. The van der Waals surface area contributed by atoms with Gasteiger partial charge in [-0.15, -0.1) is 0 Å². The highest BCUT2D eigenvalue weighted by Gasteiger charge is 1.58. The van der Waals surface area contributed by atoms with Crippen molar-refractivity contribution in [3.8, 4) is 0 Å². The second-order valence-electron chi connectivity index (χ2n) is 1.75. The quantitative estimate of drug-likeness (QED) is 0.539. The summed E-state index contributed by atoms with van der Waals surface area (Å²) in [7, 11) is 6.00. The van der Waals surface area contributed by atoms with E-state index < -0.39 is 0 Å². The van der Waals surface area contributed by atoms with Gasteiger partial charge in [-0.25, -0.2) is 0 Å². The third-order valence-electron chi connectivity index (χ3n) is 0. The Morgan fingerprint density at radius 1 is 1.11 bits per heavy atom. The zero-order valence-electron chi connectivity index (χ0n) is 7.73. The third kappa shape index (κ3) is 43400. The maximum Gasteiger partial charge on any atom is -0.0106 e. The lowest BCUT2D eigenvalue weighted by molar-refractivity contribution is 0.505. The van der Waals surface area contributed by atoms with Gasteiger partial charge in [-0.3, -0.25) is 0 Å². The van der Waals surface area contributed by atoms with Crippen LogP contribution < -0.4 is 5.73 Å². The van der Waals surface area contributed by atoms with E-state index in [-0.39, 0.29) is 0 Å². The molecule has 0 rings (SSSR count). The lowest BCUT2D eigenvalue weighted by atomic mass is 10.8. The minimum Gasteiger partial charge on any atom is -0.331 e. The first-order chi connectivity index (χ1) is 4.15. The molecule has 0 fully saturated rings. The summed E-state index contributed by atoms with van der Waals surface area (Å²) in [6, 6.07) is 0. The molecule has 0 aromatic carbocycles. The lowest BCUT2D eigenvalue weighted by Gasteiger charge is -1.90. The van der Waals surface area contributed by atoms with Gasteiger partial charge in [0.25, 0.3) is 0 Å². The Labute approximate surface area is 60.0 Å². The fourth-order valence-electron chi connectivity index (χ4n) is 0. The molecule has 0 aromatic heterocycles. The Kier molecular flexibility index (Phi) is 43.8. The zero-order chi connectivity index (χ0) is 8.28. The van der Waals surface area contributed by atoms with E-state index in [2.05, 4.69) is 0 Å². The zero-order valence-corrected chi connectivity index (χ0v) is 7.73. The highest BCUT2D eigenvalue weighted by atomic mass is 15.0. The third-order valence-corrected chi connectivity index (χ3v) is 0. The number of nitrogens with zero attached hydrogens (tertiary/aromatic N) is 1. The maximum absolute atomic E-state index is 4.85. The second-order valence-corrected chi connectivity index (χ2v) is 1.75. The number of hydrogen-bond donors (Lipinski definition) is 1. The van der Waals surface area contributed by atoms with Gasteiger partial charge in [0.15, 0.2) is 0 Å². The Hall–Kier alpha value is -0.0800. The first-order valence-corrected chi connectivity index (χ1v) is 3.46. The van der Waals surface area contributed by atoms with Gasteiger partial charge in [-0.1, -0.05) is 20.8 Å². The van der Waals surface area contributed by atoms with E-state index in [1.54, 1.807) is 0 Å². The summed E-state index contributed by atoms with van der Waals surface area (Å²) < 4.78 is 0. The summed E-state index contributed by atoms with van der Waals surface area (Å²) in [5.74, 6) is 0. The minimum atomic E-state index is 0.750. The first kappa shape index (κ1) is 16.0. The molecule has 0 spiro atoms. The second kappa shape index (κ2) is 24.7. The molecule has 2 N–H and O–H groups in total. The molecule has 0 bridgehead atoms. The van der Waals surface area contributed by atoms with Gasteiger partial charge in [0.05, 0.1) is 0 Å². The Morgan fingerprint density at radius 2 is 1.11 bits per heavy atom. The monoisotopic (exact) mass is 134 g/mol. The molecule has 0 aromatic rings. The molecule has 0 unspecified atom stereocenters. The molecule has 0 aliphatic heterocycles. The van der Waals surface area contributed by atoms with Crippen molar-refractivity contribution in [2.24, 2.45) is 5.73 Å². The molecule has 0 atom stereocenters. The molecule has 9 heavy (non-hydrogen) atoms. The molecular weight excluding hydrogens is 112 g/mol. The Balaban J connectivity index is -0.0000000646. The number of hydrogen-bond acceptors (Lipinski definition) is 2. The number of rotatable bonds is 0. The van der Waals surface area contributed by atoms with E-state index in [4.69, 9.17) is 5.73 Å². The molecule has 0 amide bonds. The van der Waals surface area contributed by atoms with E-state index >= 15 is 0 Å². The SMILES string of the molecule is CC.CCN.CN(C)C. The van der Waals surface area contributed by atoms with Crippen molar-refractivity contribution < 1.29 is 0 Å². The van der Waals surface area contributed by atoms with Crippen molar-refractivity contribution in [2.75, 3.05) is 27.7 Å². The highest BCUT2D eigenvalue weighted by Crippen LogP contribution is 1.47. The maximum atomic E-state index is 4.85. The molecule has 0 radical (unpaired) electrons. The smallest absolute Gasteiger partial charge is 0.0106 e. The normalized spacial score (nSPS) is 6.67. The van der Waals surface area contributed by atoms with Crippen LogP contribution in [0.15, 0.2) is 0 Å². The molecule has 2 heteroatoms. The standard InChI is InChI=1S/C3H9N.C2H7N.C2H6/c1-4(2)3;1-2-3;1-2/h1-3H3;2-3H2,1H3;1-2H3. The number of nitrogens with two attached hydrogens (primary N) is 1. The van der Waals surface area contributed by atoms with Gasteiger partial charge in [-0.05, 0) is 27.7 Å². The molecule has 0 aliphatic rings. The van der Waals surface area contributed by atoms with Crippen LogP contribution in [0.25, 0.3) is 0 Å². The van der Waals surface area contributed by atoms with Crippen LogP contribution in [0.4, 0.5) is 0 Å². The van der Waals surface area contributed by atoms with Gasteiger partial charge in [0, 0.05) is 0 Å². The van der Waals surface area contributed by atoms with Crippen LogP contribution in [0.1, 0.15) is 20.8 Å². The van der Waals surface area contributed by atoms with E-state index in [0.717, 1.165) is 6.54 Å². The van der Waals surface area contributed by atoms with Crippen LogP contribution in [0, 0.1) is 0 Å². The molecule has 0 aliphatic carbocycles. The summed E-state index contributed by atoms with van der Waals surface area (Å²) in [5, 5.41) is 0. The summed E-state index contributed by atoms with van der Waals surface area (Å²) in [4.78, 5) is 2.00. The average Bonchev–Trinajstić information content (AvgIpc) is 1.71. The van der Waals surface area contributed by atoms with Crippen molar-refractivity contribution in [1.82, 2.24) is 4.90 Å². The largest absolute Gasteiger partial charge is 0.331 e. The highest BCUT2D eigenvalue weighted by molar-refractivity contribution is 4.09. The van der Waals surface area contributed by atoms with Crippen molar-refractivity contribution >= 4 is 0 Å². The van der Waals surface area contributed by atoms with Gasteiger partial charge >= 0.3 is 0 Å². The predicted octanol–water partition coefficient (Wildman–Crippen LogP) is 1.17. The van der Waals surface area contributed by atoms with Crippen molar-refractivity contribution in [1.29, 1.82) is 0 Å². The molecular formula is C7H22N2. The van der Waals surface area contributed by atoms with Crippen LogP contribution in [-0.2, 0) is 0 Å². The van der Waals surface area contributed by atoms with Crippen molar-refractivity contribution in [3.05, 3.63) is 0 Å². The van der Waals surface area contributed by atoms with Crippen LogP contribution in [-0.4, -0.2) is 32.6 Å². The summed E-state index contributed by atoms with van der Waals surface area (Å²) in [5.41, 5.74) is 4.85. The summed E-state index contributed by atoms with van der Waals surface area (Å²) in [6.07, 6.45) is 0. The minimum absolute atomic E-state index is 0.750. The van der Waals surface area contributed by atoms with Gasteiger partial charge < -0.3 is 10.6 Å². The van der Waals surface area contributed by atoms with Gasteiger partial charge in [0.2, 0.25) is 0 Å². The van der Waals surface area contributed by atoms with Gasteiger partial charge in [0.1, 0.15) is 0 Å². The Morgan fingerprint density at radius 3 is 1.11 bits per heavy atom. The van der Waals surface area contributed by atoms with E-state index in [1.165, 1.54) is 0 Å². The molecule has 0 saturated carbocycles. The average molecular weight is 134 g/mol. The molecule has 2 nitrogen and oxygen atoms in total. The predicted molar refractivity (Wildman–Crippen MR) is 45.7 cm³/mol. The summed E-state index contributed by atoms with van der Waals surface area (Å²) in [6.45, 7) is 6.65. The molecule has 0 saturated heterocycles. The van der Waals surface area contributed by atoms with Crippen LogP contribution in [0.5, 0.6) is 0 Å².